The highest BCUT2D eigenvalue weighted by atomic mass is 15.3. The van der Waals surface area contributed by atoms with Crippen LogP contribution in [0.5, 0.6) is 0 Å². The summed E-state index contributed by atoms with van der Waals surface area (Å²) in [5.41, 5.74) is 4.69. The van der Waals surface area contributed by atoms with Crippen LogP contribution in [0.4, 0.5) is 0 Å². The van der Waals surface area contributed by atoms with Gasteiger partial charge in [-0.2, -0.15) is 0 Å². The standard InChI is InChI=1S/C31H19N5/c1-2-11-22-20(10-1)21-12-3-4-13-23(21)28-24(22)14-9-15-25(28)30-29(26-16-5-7-18-32-26)31(35-36-34-30)27-17-6-8-19-33-27/h1-19H. The van der Waals surface area contributed by atoms with Gasteiger partial charge in [0.1, 0.15) is 11.4 Å². The van der Waals surface area contributed by atoms with E-state index in [1.54, 1.807) is 12.4 Å². The second-order valence-corrected chi connectivity index (χ2v) is 8.61. The lowest BCUT2D eigenvalue weighted by molar-refractivity contribution is 0.875. The van der Waals surface area contributed by atoms with Crippen molar-refractivity contribution in [1.82, 2.24) is 25.4 Å². The third-order valence-electron chi connectivity index (χ3n) is 6.61. The zero-order chi connectivity index (χ0) is 23.9. The largest absolute Gasteiger partial charge is 0.256 e. The predicted octanol–water partition coefficient (Wildman–Crippen LogP) is 7.12. The van der Waals surface area contributed by atoms with Crippen molar-refractivity contribution in [3.63, 3.8) is 0 Å². The van der Waals surface area contributed by atoms with E-state index in [0.29, 0.717) is 5.69 Å². The summed E-state index contributed by atoms with van der Waals surface area (Å²) in [5, 5.41) is 20.4. The van der Waals surface area contributed by atoms with Gasteiger partial charge in [-0.25, -0.2) is 0 Å². The third kappa shape index (κ3) is 3.14. The van der Waals surface area contributed by atoms with Crippen molar-refractivity contribution in [1.29, 1.82) is 0 Å². The number of hydrogen-bond donors (Lipinski definition) is 0. The van der Waals surface area contributed by atoms with Gasteiger partial charge in [-0.05, 0) is 61.8 Å². The minimum Gasteiger partial charge on any atom is -0.256 e. The molecule has 5 heteroatoms. The smallest absolute Gasteiger partial charge is 0.125 e. The second kappa shape index (κ2) is 8.32. The fraction of sp³-hybridized carbons (Fsp3) is 0. The molecule has 4 aromatic carbocycles. The van der Waals surface area contributed by atoms with Crippen LogP contribution in [-0.4, -0.2) is 25.4 Å². The lowest BCUT2D eigenvalue weighted by Gasteiger charge is -2.16. The molecular formula is C31H19N5. The minimum atomic E-state index is 0.654. The molecule has 0 spiro atoms. The summed E-state index contributed by atoms with van der Waals surface area (Å²) < 4.78 is 0. The Hall–Kier alpha value is -5.03. The van der Waals surface area contributed by atoms with Gasteiger partial charge in [0.2, 0.25) is 0 Å². The Morgan fingerprint density at radius 1 is 0.417 bits per heavy atom. The molecule has 7 rings (SSSR count). The first-order valence-corrected chi connectivity index (χ1v) is 11.8. The van der Waals surface area contributed by atoms with Crippen molar-refractivity contribution < 1.29 is 0 Å². The second-order valence-electron chi connectivity index (χ2n) is 8.61. The molecule has 168 valence electrons. The average molecular weight is 462 g/mol. The number of aromatic nitrogens is 5. The van der Waals surface area contributed by atoms with Crippen molar-refractivity contribution in [3.05, 3.63) is 116 Å². The molecule has 0 unspecified atom stereocenters. The number of pyridine rings is 2. The van der Waals surface area contributed by atoms with Crippen LogP contribution < -0.4 is 0 Å². The van der Waals surface area contributed by atoms with Gasteiger partial charge in [0.25, 0.3) is 0 Å². The van der Waals surface area contributed by atoms with Gasteiger partial charge in [-0.3, -0.25) is 9.97 Å². The van der Waals surface area contributed by atoms with E-state index in [1.165, 1.54) is 26.9 Å². The summed E-state index contributed by atoms with van der Waals surface area (Å²) in [6.45, 7) is 0. The highest BCUT2D eigenvalue weighted by Crippen LogP contribution is 2.43. The summed E-state index contributed by atoms with van der Waals surface area (Å²) in [7, 11) is 0. The topological polar surface area (TPSA) is 64.5 Å². The maximum atomic E-state index is 4.68. The highest BCUT2D eigenvalue weighted by Gasteiger charge is 2.22. The Kier molecular flexibility index (Phi) is 4.71. The Morgan fingerprint density at radius 3 is 1.58 bits per heavy atom. The molecule has 0 saturated heterocycles. The van der Waals surface area contributed by atoms with Crippen LogP contribution in [0, 0.1) is 0 Å². The molecule has 0 saturated carbocycles. The number of benzene rings is 4. The van der Waals surface area contributed by atoms with Crippen LogP contribution in [0.15, 0.2) is 116 Å². The van der Waals surface area contributed by atoms with Crippen LogP contribution in [0.1, 0.15) is 0 Å². The fourth-order valence-electron chi connectivity index (χ4n) is 5.10. The van der Waals surface area contributed by atoms with Gasteiger partial charge in [-0.1, -0.05) is 78.9 Å². The van der Waals surface area contributed by atoms with Gasteiger partial charge in [-0.15, -0.1) is 10.2 Å². The van der Waals surface area contributed by atoms with Crippen molar-refractivity contribution in [2.75, 3.05) is 0 Å². The Morgan fingerprint density at radius 2 is 0.944 bits per heavy atom. The molecule has 0 amide bonds. The van der Waals surface area contributed by atoms with E-state index in [-0.39, 0.29) is 0 Å². The molecule has 0 aliphatic rings. The third-order valence-corrected chi connectivity index (χ3v) is 6.61. The average Bonchev–Trinajstić information content (AvgIpc) is 2.97. The van der Waals surface area contributed by atoms with Crippen LogP contribution in [0.2, 0.25) is 0 Å². The molecule has 3 aromatic heterocycles. The molecule has 7 aromatic rings. The fourth-order valence-corrected chi connectivity index (χ4v) is 5.10. The molecule has 0 N–H and O–H groups in total. The van der Waals surface area contributed by atoms with E-state index in [2.05, 4.69) is 92.1 Å². The summed E-state index contributed by atoms with van der Waals surface area (Å²) in [6.07, 6.45) is 3.55. The zero-order valence-corrected chi connectivity index (χ0v) is 19.2. The summed E-state index contributed by atoms with van der Waals surface area (Å²) in [4.78, 5) is 9.24. The first-order chi connectivity index (χ1) is 17.9. The molecule has 0 aliphatic carbocycles. The van der Waals surface area contributed by atoms with Crippen LogP contribution in [0.3, 0.4) is 0 Å². The molecule has 36 heavy (non-hydrogen) atoms. The maximum Gasteiger partial charge on any atom is 0.125 e. The number of nitrogens with zero attached hydrogens (tertiary/aromatic N) is 5. The van der Waals surface area contributed by atoms with E-state index in [0.717, 1.165) is 33.6 Å². The molecule has 0 aliphatic heterocycles. The van der Waals surface area contributed by atoms with E-state index in [1.807, 2.05) is 36.4 Å². The maximum absolute atomic E-state index is 4.68. The van der Waals surface area contributed by atoms with Crippen LogP contribution >= 0.6 is 0 Å². The van der Waals surface area contributed by atoms with E-state index in [9.17, 15) is 0 Å². The predicted molar refractivity (Wildman–Crippen MR) is 144 cm³/mol. The number of fused-ring (bicyclic) bond motifs is 6. The lowest BCUT2D eigenvalue weighted by atomic mass is 9.89. The van der Waals surface area contributed by atoms with Crippen LogP contribution in [0.25, 0.3) is 66.2 Å². The number of hydrogen-bond acceptors (Lipinski definition) is 5. The molecule has 5 nitrogen and oxygen atoms in total. The first-order valence-electron chi connectivity index (χ1n) is 11.8. The zero-order valence-electron chi connectivity index (χ0n) is 19.2. The van der Waals surface area contributed by atoms with E-state index in [4.69, 9.17) is 0 Å². The molecule has 0 radical (unpaired) electrons. The lowest BCUT2D eigenvalue weighted by Crippen LogP contribution is -2.02. The van der Waals surface area contributed by atoms with Crippen molar-refractivity contribution >= 4 is 32.3 Å². The van der Waals surface area contributed by atoms with Gasteiger partial charge in [0.05, 0.1) is 17.0 Å². The molecule has 0 bridgehead atoms. The number of rotatable bonds is 3. The molecule has 3 heterocycles. The monoisotopic (exact) mass is 461 g/mol. The van der Waals surface area contributed by atoms with Gasteiger partial charge in [0, 0.05) is 18.0 Å². The Bertz CT molecular complexity index is 1840. The van der Waals surface area contributed by atoms with Gasteiger partial charge >= 0.3 is 0 Å². The van der Waals surface area contributed by atoms with Crippen molar-refractivity contribution in [2.24, 2.45) is 0 Å². The first kappa shape index (κ1) is 20.4. The van der Waals surface area contributed by atoms with Crippen molar-refractivity contribution in [3.8, 4) is 33.9 Å². The highest BCUT2D eigenvalue weighted by molar-refractivity contribution is 6.28. The van der Waals surface area contributed by atoms with Gasteiger partial charge < -0.3 is 0 Å². The minimum absolute atomic E-state index is 0.654. The van der Waals surface area contributed by atoms with Gasteiger partial charge in [0.15, 0.2) is 0 Å². The van der Waals surface area contributed by atoms with Crippen molar-refractivity contribution in [2.45, 2.75) is 0 Å². The summed E-state index contributed by atoms with van der Waals surface area (Å²) in [5.74, 6) is 0. The van der Waals surface area contributed by atoms with E-state index >= 15 is 0 Å². The Balaban J connectivity index is 1.66. The van der Waals surface area contributed by atoms with E-state index < -0.39 is 0 Å². The van der Waals surface area contributed by atoms with Crippen LogP contribution in [-0.2, 0) is 0 Å². The molecule has 0 atom stereocenters. The summed E-state index contributed by atoms with van der Waals surface area (Å²) >= 11 is 0. The SMILES string of the molecule is c1ccc(-c2nnnc(-c3cccc4c5ccccc5c5ccccc5c34)c2-c2ccccn2)nc1. The molecular weight excluding hydrogens is 442 g/mol. The molecule has 0 fully saturated rings. The Labute approximate surface area is 207 Å². The quantitative estimate of drug-likeness (QED) is 0.262. The normalized spacial score (nSPS) is 11.3. The summed E-state index contributed by atoms with van der Waals surface area (Å²) in [6, 6.07) is 35.1.